The molecule has 1 unspecified atom stereocenters. The Morgan fingerprint density at radius 1 is 0.633 bits per heavy atom. The van der Waals surface area contributed by atoms with Gasteiger partial charge >= 0.3 is 0 Å². The van der Waals surface area contributed by atoms with Gasteiger partial charge < -0.3 is 9.47 Å². The van der Waals surface area contributed by atoms with Gasteiger partial charge in [-0.1, -0.05) is 117 Å². The van der Waals surface area contributed by atoms with Crippen LogP contribution in [0.25, 0.3) is 0 Å². The van der Waals surface area contributed by atoms with E-state index >= 15 is 0 Å². The van der Waals surface area contributed by atoms with E-state index in [1.54, 1.807) is 0 Å². The standard InChI is InChI=1S/C28H56O2/c1-5-7-9-11-13-14-16-21-25-28(29-3,30-4)27(26-22-18-17-19-23-26)24-20-15-12-10-8-6-2/h26-27H,5-25H2,1-4H3. The Morgan fingerprint density at radius 3 is 1.60 bits per heavy atom. The largest absolute Gasteiger partial charge is 0.353 e. The lowest BCUT2D eigenvalue weighted by molar-refractivity contribution is -0.257. The van der Waals surface area contributed by atoms with Crippen LogP contribution in [0.1, 0.15) is 149 Å². The molecule has 0 aromatic rings. The number of unbranched alkanes of at least 4 members (excludes halogenated alkanes) is 12. The average molecular weight is 425 g/mol. The molecule has 0 aliphatic heterocycles. The van der Waals surface area contributed by atoms with Crippen LogP contribution in [0.5, 0.6) is 0 Å². The maximum absolute atomic E-state index is 6.24. The molecule has 0 saturated heterocycles. The first-order chi connectivity index (χ1) is 14.7. The van der Waals surface area contributed by atoms with Gasteiger partial charge in [-0.3, -0.25) is 0 Å². The Labute approximate surface area is 190 Å². The normalized spacial score (nSPS) is 16.8. The molecule has 1 fully saturated rings. The summed E-state index contributed by atoms with van der Waals surface area (Å²) in [6.45, 7) is 4.60. The predicted octanol–water partition coefficient (Wildman–Crippen LogP) is 9.45. The van der Waals surface area contributed by atoms with Crippen molar-refractivity contribution in [2.45, 2.75) is 154 Å². The molecule has 30 heavy (non-hydrogen) atoms. The van der Waals surface area contributed by atoms with E-state index in [9.17, 15) is 0 Å². The third-order valence-electron chi connectivity index (χ3n) is 7.72. The zero-order valence-electron chi connectivity index (χ0n) is 21.3. The van der Waals surface area contributed by atoms with E-state index in [2.05, 4.69) is 13.8 Å². The molecule has 0 spiro atoms. The monoisotopic (exact) mass is 424 g/mol. The molecule has 1 rings (SSSR count). The highest BCUT2D eigenvalue weighted by Gasteiger charge is 2.42. The van der Waals surface area contributed by atoms with Crippen molar-refractivity contribution >= 4 is 0 Å². The molecule has 0 radical (unpaired) electrons. The van der Waals surface area contributed by atoms with E-state index in [1.165, 1.54) is 128 Å². The van der Waals surface area contributed by atoms with E-state index in [4.69, 9.17) is 9.47 Å². The minimum absolute atomic E-state index is 0.354. The second-order valence-corrected chi connectivity index (χ2v) is 10.0. The quantitative estimate of drug-likeness (QED) is 0.143. The van der Waals surface area contributed by atoms with Crippen molar-refractivity contribution in [1.29, 1.82) is 0 Å². The van der Waals surface area contributed by atoms with Gasteiger partial charge in [-0.2, -0.15) is 0 Å². The maximum Gasteiger partial charge on any atom is 0.170 e. The van der Waals surface area contributed by atoms with Gasteiger partial charge in [-0.05, 0) is 31.6 Å². The number of hydrogen-bond acceptors (Lipinski definition) is 2. The molecule has 2 heteroatoms. The second-order valence-electron chi connectivity index (χ2n) is 10.0. The van der Waals surface area contributed by atoms with Gasteiger partial charge in [0.25, 0.3) is 0 Å². The van der Waals surface area contributed by atoms with Crippen LogP contribution in [0.2, 0.25) is 0 Å². The third kappa shape index (κ3) is 11.0. The molecule has 0 heterocycles. The van der Waals surface area contributed by atoms with E-state index in [0.717, 1.165) is 12.3 Å². The molecular weight excluding hydrogens is 368 g/mol. The second kappa shape index (κ2) is 18.5. The minimum Gasteiger partial charge on any atom is -0.353 e. The molecule has 1 aliphatic carbocycles. The smallest absolute Gasteiger partial charge is 0.170 e. The maximum atomic E-state index is 6.24. The van der Waals surface area contributed by atoms with Crippen LogP contribution in [0.3, 0.4) is 0 Å². The van der Waals surface area contributed by atoms with Crippen LogP contribution in [0.4, 0.5) is 0 Å². The van der Waals surface area contributed by atoms with Crippen LogP contribution in [-0.4, -0.2) is 20.0 Å². The lowest BCUT2D eigenvalue weighted by atomic mass is 9.72. The molecular formula is C28H56O2. The fraction of sp³-hybridized carbons (Fsp3) is 1.00. The van der Waals surface area contributed by atoms with Crippen LogP contribution in [0.15, 0.2) is 0 Å². The van der Waals surface area contributed by atoms with Gasteiger partial charge in [0.2, 0.25) is 0 Å². The summed E-state index contributed by atoms with van der Waals surface area (Å²) in [5.41, 5.74) is 0. The first kappa shape index (κ1) is 28.0. The summed E-state index contributed by atoms with van der Waals surface area (Å²) in [6.07, 6.45) is 28.5. The van der Waals surface area contributed by atoms with Crippen LogP contribution in [0, 0.1) is 11.8 Å². The summed E-state index contributed by atoms with van der Waals surface area (Å²) in [5.74, 6) is 1.01. The van der Waals surface area contributed by atoms with E-state index in [0.29, 0.717) is 5.92 Å². The van der Waals surface area contributed by atoms with Gasteiger partial charge in [-0.25, -0.2) is 0 Å². The van der Waals surface area contributed by atoms with Crippen molar-refractivity contribution in [2.24, 2.45) is 11.8 Å². The van der Waals surface area contributed by atoms with Crippen molar-refractivity contribution in [2.75, 3.05) is 14.2 Å². The summed E-state index contributed by atoms with van der Waals surface area (Å²) < 4.78 is 12.5. The molecule has 1 saturated carbocycles. The molecule has 0 bridgehead atoms. The molecule has 0 aromatic carbocycles. The highest BCUT2D eigenvalue weighted by atomic mass is 16.7. The Kier molecular flexibility index (Phi) is 17.2. The number of ether oxygens (including phenoxy) is 2. The summed E-state index contributed by atoms with van der Waals surface area (Å²) in [6, 6.07) is 0. The molecule has 0 aromatic heterocycles. The Hall–Kier alpha value is -0.0800. The lowest BCUT2D eigenvalue weighted by Gasteiger charge is -2.44. The van der Waals surface area contributed by atoms with Gasteiger partial charge in [0.05, 0.1) is 0 Å². The van der Waals surface area contributed by atoms with Crippen molar-refractivity contribution in [1.82, 2.24) is 0 Å². The highest BCUT2D eigenvalue weighted by molar-refractivity contribution is 4.86. The van der Waals surface area contributed by atoms with Gasteiger partial charge in [0.15, 0.2) is 5.79 Å². The van der Waals surface area contributed by atoms with Crippen LogP contribution >= 0.6 is 0 Å². The summed E-state index contributed by atoms with van der Waals surface area (Å²) in [5, 5.41) is 0. The van der Waals surface area contributed by atoms with Gasteiger partial charge in [-0.15, -0.1) is 0 Å². The van der Waals surface area contributed by atoms with Crippen molar-refractivity contribution in [3.8, 4) is 0 Å². The highest BCUT2D eigenvalue weighted by Crippen LogP contribution is 2.43. The Morgan fingerprint density at radius 2 is 1.10 bits per heavy atom. The number of hydrogen-bond donors (Lipinski definition) is 0. The number of rotatable bonds is 20. The van der Waals surface area contributed by atoms with Crippen LogP contribution < -0.4 is 0 Å². The third-order valence-corrected chi connectivity index (χ3v) is 7.72. The molecule has 180 valence electrons. The minimum atomic E-state index is -0.354. The van der Waals surface area contributed by atoms with Gasteiger partial charge in [0.1, 0.15) is 0 Å². The Bertz CT molecular complexity index is 358. The lowest BCUT2D eigenvalue weighted by Crippen LogP contribution is -2.46. The molecule has 1 aliphatic rings. The van der Waals surface area contributed by atoms with Crippen LogP contribution in [-0.2, 0) is 9.47 Å². The summed E-state index contributed by atoms with van der Waals surface area (Å²) in [7, 11) is 3.82. The van der Waals surface area contributed by atoms with E-state index in [1.807, 2.05) is 14.2 Å². The topological polar surface area (TPSA) is 18.5 Å². The number of methoxy groups -OCH3 is 2. The molecule has 1 atom stereocenters. The average Bonchev–Trinajstić information content (AvgIpc) is 2.79. The fourth-order valence-corrected chi connectivity index (χ4v) is 5.78. The van der Waals surface area contributed by atoms with Crippen molar-refractivity contribution < 1.29 is 9.47 Å². The fourth-order valence-electron chi connectivity index (χ4n) is 5.78. The van der Waals surface area contributed by atoms with E-state index in [-0.39, 0.29) is 5.79 Å². The van der Waals surface area contributed by atoms with E-state index < -0.39 is 0 Å². The van der Waals surface area contributed by atoms with Crippen molar-refractivity contribution in [3.05, 3.63) is 0 Å². The SMILES string of the molecule is CCCCCCCCCCC(OC)(OC)C(CCCCCCCC)C1CCCCC1. The predicted molar refractivity (Wildman–Crippen MR) is 132 cm³/mol. The molecule has 0 N–H and O–H groups in total. The zero-order chi connectivity index (χ0) is 21.9. The molecule has 2 nitrogen and oxygen atoms in total. The first-order valence-corrected chi connectivity index (χ1v) is 13.8. The Balaban J connectivity index is 2.55. The van der Waals surface area contributed by atoms with Gasteiger partial charge in [0, 0.05) is 26.6 Å². The first-order valence-electron chi connectivity index (χ1n) is 13.8. The van der Waals surface area contributed by atoms with Crippen molar-refractivity contribution in [3.63, 3.8) is 0 Å². The summed E-state index contributed by atoms with van der Waals surface area (Å²) >= 11 is 0. The molecule has 0 amide bonds. The summed E-state index contributed by atoms with van der Waals surface area (Å²) in [4.78, 5) is 0. The zero-order valence-corrected chi connectivity index (χ0v) is 21.3.